The molecule has 2 heterocycles. The molecule has 0 unspecified atom stereocenters. The molecule has 0 saturated carbocycles. The fourth-order valence-electron chi connectivity index (χ4n) is 2.06. The van der Waals surface area contributed by atoms with Gasteiger partial charge >= 0.3 is 6.09 Å². The molecule has 6 heteroatoms. The maximum Gasteiger partial charge on any atom is 0.413 e. The van der Waals surface area contributed by atoms with Crippen molar-refractivity contribution < 1.29 is 18.7 Å². The molecule has 0 aromatic carbocycles. The zero-order valence-electron chi connectivity index (χ0n) is 12.0. The highest BCUT2D eigenvalue weighted by Gasteiger charge is 2.47. The molecule has 106 valence electrons. The smallest absolute Gasteiger partial charge is 0.413 e. The summed E-state index contributed by atoms with van der Waals surface area (Å²) in [5.74, 6) is 0.594. The molecule has 0 radical (unpaired) electrons. The first-order valence-corrected chi connectivity index (χ1v) is 6.25. The normalized spacial score (nSPS) is 22.6. The summed E-state index contributed by atoms with van der Waals surface area (Å²) < 4.78 is 16.4. The van der Waals surface area contributed by atoms with Crippen LogP contribution in [-0.4, -0.2) is 33.9 Å². The van der Waals surface area contributed by atoms with Gasteiger partial charge in [0.05, 0.1) is 12.8 Å². The minimum atomic E-state index is -0.736. The van der Waals surface area contributed by atoms with E-state index in [1.165, 1.54) is 6.39 Å². The van der Waals surface area contributed by atoms with Crippen molar-refractivity contribution >= 4 is 6.09 Å². The largest absolute Gasteiger partial charge is 0.446 e. The van der Waals surface area contributed by atoms with Gasteiger partial charge in [-0.3, -0.25) is 4.90 Å². The van der Waals surface area contributed by atoms with Crippen LogP contribution in [0.5, 0.6) is 0 Å². The molecular weight excluding hydrogens is 248 g/mol. The van der Waals surface area contributed by atoms with Crippen molar-refractivity contribution in [1.29, 1.82) is 0 Å². The summed E-state index contributed by atoms with van der Waals surface area (Å²) in [6.07, 6.45) is 2.51. The van der Waals surface area contributed by atoms with Crippen LogP contribution in [0, 0.1) is 0 Å². The lowest BCUT2D eigenvalue weighted by molar-refractivity contribution is -0.0632. The predicted octanol–water partition coefficient (Wildman–Crippen LogP) is 2.72. The first-order chi connectivity index (χ1) is 8.71. The molecule has 1 atom stereocenters. The zero-order chi connectivity index (χ0) is 14.3. The topological polar surface area (TPSA) is 64.8 Å². The Balaban J connectivity index is 2.24. The Kier molecular flexibility index (Phi) is 3.30. The predicted molar refractivity (Wildman–Crippen MR) is 67.3 cm³/mol. The number of hydrogen-bond donors (Lipinski definition) is 0. The Bertz CT molecular complexity index is 448. The second kappa shape index (κ2) is 4.52. The van der Waals surface area contributed by atoms with Gasteiger partial charge in [-0.25, -0.2) is 9.78 Å². The van der Waals surface area contributed by atoms with E-state index in [1.54, 1.807) is 11.1 Å². The van der Waals surface area contributed by atoms with Crippen molar-refractivity contribution in [3.63, 3.8) is 0 Å². The van der Waals surface area contributed by atoms with E-state index >= 15 is 0 Å². The average Bonchev–Trinajstić information content (AvgIpc) is 2.81. The quantitative estimate of drug-likeness (QED) is 0.783. The van der Waals surface area contributed by atoms with E-state index in [4.69, 9.17) is 13.9 Å². The summed E-state index contributed by atoms with van der Waals surface area (Å²) in [4.78, 5) is 17.8. The maximum atomic E-state index is 12.3. The van der Waals surface area contributed by atoms with Crippen molar-refractivity contribution in [1.82, 2.24) is 9.88 Å². The number of ether oxygens (including phenoxy) is 2. The molecule has 6 nitrogen and oxygen atoms in total. The molecule has 0 spiro atoms. The van der Waals surface area contributed by atoms with E-state index in [1.807, 2.05) is 34.6 Å². The Morgan fingerprint density at radius 1 is 1.53 bits per heavy atom. The molecule has 1 aromatic heterocycles. The van der Waals surface area contributed by atoms with Crippen molar-refractivity contribution in [2.75, 3.05) is 6.61 Å². The number of amides is 1. The van der Waals surface area contributed by atoms with Crippen LogP contribution in [0.1, 0.15) is 46.4 Å². The first kappa shape index (κ1) is 13.9. The molecular formula is C13H20N2O4. The van der Waals surface area contributed by atoms with Gasteiger partial charge in [0.1, 0.15) is 23.1 Å². The van der Waals surface area contributed by atoms with Crippen LogP contribution in [0.2, 0.25) is 0 Å². The Labute approximate surface area is 112 Å². The Morgan fingerprint density at radius 2 is 2.21 bits per heavy atom. The third-order valence-corrected chi connectivity index (χ3v) is 2.86. The summed E-state index contributed by atoms with van der Waals surface area (Å²) in [6.45, 7) is 9.51. The molecule has 1 aliphatic rings. The van der Waals surface area contributed by atoms with Crippen LogP contribution in [0.4, 0.5) is 4.79 Å². The molecule has 2 rings (SSSR count). The highest BCUT2D eigenvalue weighted by molar-refractivity contribution is 5.70. The highest BCUT2D eigenvalue weighted by Crippen LogP contribution is 2.37. The zero-order valence-corrected chi connectivity index (χ0v) is 12.0. The summed E-state index contributed by atoms with van der Waals surface area (Å²) in [5, 5.41) is 0. The molecule has 19 heavy (non-hydrogen) atoms. The summed E-state index contributed by atoms with van der Waals surface area (Å²) in [7, 11) is 0. The minimum absolute atomic E-state index is 0.313. The summed E-state index contributed by atoms with van der Waals surface area (Å²) in [5.41, 5.74) is -1.29. The number of rotatable bonds is 1. The van der Waals surface area contributed by atoms with Gasteiger partial charge in [-0.2, -0.15) is 0 Å². The van der Waals surface area contributed by atoms with Crippen molar-refractivity contribution in [2.24, 2.45) is 0 Å². The molecule has 0 N–H and O–H groups in total. The Morgan fingerprint density at radius 3 is 2.74 bits per heavy atom. The lowest BCUT2D eigenvalue weighted by Gasteiger charge is -2.34. The second-order valence-electron chi connectivity index (χ2n) is 6.03. The number of carbonyl (C=O) groups excluding carboxylic acids is 1. The van der Waals surface area contributed by atoms with Crippen LogP contribution in [-0.2, 0) is 9.47 Å². The molecule has 1 amide bonds. The van der Waals surface area contributed by atoms with E-state index in [-0.39, 0.29) is 6.04 Å². The molecule has 1 fully saturated rings. The molecule has 1 aliphatic heterocycles. The van der Waals surface area contributed by atoms with Crippen LogP contribution in [0.25, 0.3) is 0 Å². The second-order valence-corrected chi connectivity index (χ2v) is 6.03. The van der Waals surface area contributed by atoms with Gasteiger partial charge in [0.25, 0.3) is 0 Å². The van der Waals surface area contributed by atoms with Crippen LogP contribution in [0.15, 0.2) is 17.0 Å². The maximum absolute atomic E-state index is 12.3. The standard InChI is InChI=1S/C13H20N2O4/c1-12(2,3)19-11(16)15-9(7-18-13(15,4)5)10-6-14-8-17-10/h6,8-9H,7H2,1-5H3/t9-/m0/s1. The van der Waals surface area contributed by atoms with Crippen LogP contribution < -0.4 is 0 Å². The highest BCUT2D eigenvalue weighted by atomic mass is 16.6. The number of oxazole rings is 1. The fraction of sp³-hybridized carbons (Fsp3) is 0.692. The van der Waals surface area contributed by atoms with E-state index in [2.05, 4.69) is 4.98 Å². The van der Waals surface area contributed by atoms with Gasteiger partial charge in [-0.1, -0.05) is 0 Å². The molecule has 1 saturated heterocycles. The van der Waals surface area contributed by atoms with E-state index in [0.717, 1.165) is 0 Å². The SMILES string of the molecule is CC(C)(C)OC(=O)N1[C@H](c2cnco2)COC1(C)C. The number of nitrogens with zero attached hydrogens (tertiary/aromatic N) is 2. The monoisotopic (exact) mass is 268 g/mol. The average molecular weight is 268 g/mol. The number of hydrogen-bond acceptors (Lipinski definition) is 5. The van der Waals surface area contributed by atoms with Gasteiger partial charge in [-0.05, 0) is 34.6 Å². The van der Waals surface area contributed by atoms with Gasteiger partial charge < -0.3 is 13.9 Å². The van der Waals surface area contributed by atoms with Crippen LogP contribution in [0.3, 0.4) is 0 Å². The lowest BCUT2D eigenvalue weighted by Crippen LogP contribution is -2.47. The van der Waals surface area contributed by atoms with Gasteiger partial charge in [0, 0.05) is 0 Å². The van der Waals surface area contributed by atoms with Gasteiger partial charge in [0.15, 0.2) is 6.39 Å². The summed E-state index contributed by atoms with van der Waals surface area (Å²) in [6, 6.07) is -0.313. The third kappa shape index (κ3) is 2.89. The molecule has 0 aliphatic carbocycles. The molecule has 1 aromatic rings. The van der Waals surface area contributed by atoms with Gasteiger partial charge in [0.2, 0.25) is 0 Å². The van der Waals surface area contributed by atoms with E-state index < -0.39 is 17.4 Å². The van der Waals surface area contributed by atoms with E-state index in [9.17, 15) is 4.79 Å². The number of aromatic nitrogens is 1. The van der Waals surface area contributed by atoms with Crippen LogP contribution >= 0.6 is 0 Å². The third-order valence-electron chi connectivity index (χ3n) is 2.86. The van der Waals surface area contributed by atoms with Crippen molar-refractivity contribution in [2.45, 2.75) is 52.0 Å². The summed E-state index contributed by atoms with van der Waals surface area (Å²) >= 11 is 0. The van der Waals surface area contributed by atoms with E-state index in [0.29, 0.717) is 12.4 Å². The van der Waals surface area contributed by atoms with Crippen molar-refractivity contribution in [3.05, 3.63) is 18.4 Å². The number of carbonyl (C=O) groups is 1. The molecule has 0 bridgehead atoms. The fourth-order valence-corrected chi connectivity index (χ4v) is 2.06. The van der Waals surface area contributed by atoms with Gasteiger partial charge in [-0.15, -0.1) is 0 Å². The van der Waals surface area contributed by atoms with Crippen molar-refractivity contribution in [3.8, 4) is 0 Å². The minimum Gasteiger partial charge on any atom is -0.446 e. The first-order valence-electron chi connectivity index (χ1n) is 6.25. The lowest BCUT2D eigenvalue weighted by atomic mass is 10.2. The Hall–Kier alpha value is -1.56.